The van der Waals surface area contributed by atoms with Crippen LogP contribution in [0.5, 0.6) is 0 Å². The molecule has 3 nitrogen and oxygen atoms in total. The van der Waals surface area contributed by atoms with Gasteiger partial charge in [-0.1, -0.05) is 0 Å². The van der Waals surface area contributed by atoms with E-state index in [1.54, 1.807) is 0 Å². The number of benzene rings is 2. The summed E-state index contributed by atoms with van der Waals surface area (Å²) in [6.07, 6.45) is 0. The van der Waals surface area contributed by atoms with Gasteiger partial charge in [0.2, 0.25) is 0 Å². The van der Waals surface area contributed by atoms with Gasteiger partial charge in [-0.05, 0) is 0 Å². The van der Waals surface area contributed by atoms with Crippen LogP contribution in [0.1, 0.15) is 5.56 Å². The van der Waals surface area contributed by atoms with E-state index in [0.717, 1.165) is 5.56 Å². The molecule has 0 bridgehead atoms. The maximum atomic E-state index is 5.71. The van der Waals surface area contributed by atoms with Gasteiger partial charge in [-0.25, -0.2) is 0 Å². The molecule has 0 atom stereocenters. The van der Waals surface area contributed by atoms with Gasteiger partial charge in [-0.3, -0.25) is 0 Å². The Morgan fingerprint density at radius 1 is 0.895 bits per heavy atom. The van der Waals surface area contributed by atoms with E-state index in [2.05, 4.69) is 41.4 Å². The summed E-state index contributed by atoms with van der Waals surface area (Å²) in [5.41, 5.74) is 2.22. The van der Waals surface area contributed by atoms with Gasteiger partial charge in [0.1, 0.15) is 0 Å². The van der Waals surface area contributed by atoms with Gasteiger partial charge in [-0.2, -0.15) is 0 Å². The van der Waals surface area contributed by atoms with E-state index < -0.39 is 0 Å². The molecule has 0 fully saturated rings. The van der Waals surface area contributed by atoms with Crippen LogP contribution in [0.15, 0.2) is 59.0 Å². The van der Waals surface area contributed by atoms with Crippen molar-refractivity contribution in [3.8, 4) is 11.5 Å². The normalized spacial score (nSPS) is 10.6. The Hall–Kier alpha value is -1.90. The summed E-state index contributed by atoms with van der Waals surface area (Å²) in [6.45, 7) is 2.08. The second kappa shape index (κ2) is 5.39. The van der Waals surface area contributed by atoms with Crippen LogP contribution >= 0.6 is 0 Å². The van der Waals surface area contributed by atoms with Crippen LogP contribution in [-0.2, 0) is 0 Å². The predicted molar refractivity (Wildman–Crippen MR) is 75.9 cm³/mol. The topological polar surface area (TPSA) is 38.9 Å². The third-order valence-electron chi connectivity index (χ3n) is 2.65. The molecule has 1 heterocycles. The minimum absolute atomic E-state index is 0.0632. The summed E-state index contributed by atoms with van der Waals surface area (Å²) in [5.74, 6) is 0.588. The van der Waals surface area contributed by atoms with E-state index in [0.29, 0.717) is 10.7 Å². The van der Waals surface area contributed by atoms with Crippen molar-refractivity contribution in [1.82, 2.24) is 10.2 Å². The van der Waals surface area contributed by atoms with Crippen LogP contribution in [0.4, 0.5) is 0 Å². The number of aryl methyl sites for hydroxylation is 1. The Kier molecular flexibility index (Phi) is 3.45. The van der Waals surface area contributed by atoms with Gasteiger partial charge in [0.15, 0.2) is 0 Å². The van der Waals surface area contributed by atoms with Crippen molar-refractivity contribution in [1.29, 1.82) is 0 Å². The number of aromatic nitrogens is 2. The summed E-state index contributed by atoms with van der Waals surface area (Å²) in [7, 11) is 0. The van der Waals surface area contributed by atoms with E-state index in [4.69, 9.17) is 4.42 Å². The van der Waals surface area contributed by atoms with Gasteiger partial charge < -0.3 is 0 Å². The van der Waals surface area contributed by atoms with Gasteiger partial charge >= 0.3 is 117 Å². The molecule has 0 spiro atoms. The molecule has 2 aromatic carbocycles. The second-order valence-corrected chi connectivity index (χ2v) is 6.30. The van der Waals surface area contributed by atoms with Crippen molar-refractivity contribution in [2.75, 3.05) is 0 Å². The zero-order chi connectivity index (χ0) is 13.1. The Bertz CT molecular complexity index is 662. The molecule has 94 valence electrons. The maximum absolute atomic E-state index is 5.71. The minimum atomic E-state index is 0.0632. The molecule has 3 rings (SSSR count). The number of nitrogens with zero attached hydrogens (tertiary/aromatic N) is 2. The van der Waals surface area contributed by atoms with Crippen molar-refractivity contribution < 1.29 is 4.42 Å². The summed E-state index contributed by atoms with van der Waals surface area (Å²) >= 11 is 0.0632. The Balaban J connectivity index is 1.80. The van der Waals surface area contributed by atoms with Crippen LogP contribution in [0.2, 0.25) is 0 Å². The fourth-order valence-electron chi connectivity index (χ4n) is 1.66. The van der Waals surface area contributed by atoms with Gasteiger partial charge in [-0.15, -0.1) is 0 Å². The van der Waals surface area contributed by atoms with Crippen molar-refractivity contribution in [2.45, 2.75) is 6.92 Å². The quantitative estimate of drug-likeness (QED) is 0.691. The molecule has 3 aromatic rings. The fraction of sp³-hybridized carbons (Fsp3) is 0.0667. The molecule has 4 heteroatoms. The van der Waals surface area contributed by atoms with Crippen LogP contribution in [0.25, 0.3) is 11.5 Å². The third-order valence-corrected chi connectivity index (χ3v) is 4.43. The molecule has 0 radical (unpaired) electrons. The molecule has 0 N–H and O–H groups in total. The van der Waals surface area contributed by atoms with Crippen molar-refractivity contribution in [2.24, 2.45) is 0 Å². The number of hydrogen-bond acceptors (Lipinski definition) is 3. The standard InChI is InChI=1S/C15H12N2OSe/c1-11-7-9-13(10-8-11)19-15-17-16-14(18-15)12-5-3-2-4-6-12/h2-10H,1H3. The first-order valence-electron chi connectivity index (χ1n) is 5.95. The average Bonchev–Trinajstić information content (AvgIpc) is 2.91. The average molecular weight is 315 g/mol. The fourth-order valence-corrected chi connectivity index (χ4v) is 3.07. The Morgan fingerprint density at radius 2 is 1.63 bits per heavy atom. The summed E-state index contributed by atoms with van der Waals surface area (Å²) in [5, 5.41) is 8.22. The summed E-state index contributed by atoms with van der Waals surface area (Å²) in [4.78, 5) is 0.704. The molecule has 0 aliphatic heterocycles. The van der Waals surface area contributed by atoms with Crippen molar-refractivity contribution >= 4 is 24.2 Å². The van der Waals surface area contributed by atoms with E-state index >= 15 is 0 Å². The first-order valence-corrected chi connectivity index (χ1v) is 7.66. The third kappa shape index (κ3) is 2.92. The molecular weight excluding hydrogens is 303 g/mol. The molecule has 0 aliphatic rings. The van der Waals surface area contributed by atoms with Crippen LogP contribution < -0.4 is 9.25 Å². The summed E-state index contributed by atoms with van der Waals surface area (Å²) < 4.78 is 6.95. The molecule has 0 unspecified atom stereocenters. The van der Waals surface area contributed by atoms with E-state index in [1.807, 2.05) is 30.3 Å². The van der Waals surface area contributed by atoms with Crippen LogP contribution in [0.3, 0.4) is 0 Å². The Morgan fingerprint density at radius 3 is 2.37 bits per heavy atom. The molecule has 0 saturated heterocycles. The number of rotatable bonds is 3. The molecule has 0 aliphatic carbocycles. The second-order valence-electron chi connectivity index (χ2n) is 4.15. The van der Waals surface area contributed by atoms with E-state index in [9.17, 15) is 0 Å². The number of hydrogen-bond donors (Lipinski definition) is 0. The zero-order valence-corrected chi connectivity index (χ0v) is 12.1. The molecule has 19 heavy (non-hydrogen) atoms. The van der Waals surface area contributed by atoms with Crippen LogP contribution in [-0.4, -0.2) is 25.2 Å². The SMILES string of the molecule is Cc1ccc([Se]c2nnc(-c3ccccc3)o2)cc1. The zero-order valence-electron chi connectivity index (χ0n) is 10.4. The first-order chi connectivity index (χ1) is 9.31. The molecular formula is C15H12N2OSe. The predicted octanol–water partition coefficient (Wildman–Crippen LogP) is 1.70. The molecule has 1 aromatic heterocycles. The monoisotopic (exact) mass is 316 g/mol. The van der Waals surface area contributed by atoms with Crippen molar-refractivity contribution in [3.05, 3.63) is 60.2 Å². The van der Waals surface area contributed by atoms with E-state index in [-0.39, 0.29) is 15.0 Å². The first kappa shape index (κ1) is 12.1. The molecule has 0 amide bonds. The molecule has 0 saturated carbocycles. The van der Waals surface area contributed by atoms with Gasteiger partial charge in [0.05, 0.1) is 0 Å². The Labute approximate surface area is 117 Å². The van der Waals surface area contributed by atoms with E-state index in [1.165, 1.54) is 10.0 Å². The summed E-state index contributed by atoms with van der Waals surface area (Å²) in [6, 6.07) is 18.3. The van der Waals surface area contributed by atoms with Crippen molar-refractivity contribution in [3.63, 3.8) is 0 Å². The van der Waals surface area contributed by atoms with Crippen LogP contribution in [0, 0.1) is 6.92 Å². The van der Waals surface area contributed by atoms with Gasteiger partial charge in [0.25, 0.3) is 0 Å². The van der Waals surface area contributed by atoms with Gasteiger partial charge in [0, 0.05) is 0 Å².